The third-order valence-electron chi connectivity index (χ3n) is 4.39. The van der Waals surface area contributed by atoms with Crippen LogP contribution in [0.4, 0.5) is 0 Å². The van der Waals surface area contributed by atoms with E-state index in [2.05, 4.69) is 30.1 Å². The molecule has 2 nitrogen and oxygen atoms in total. The number of rotatable bonds is 3. The lowest BCUT2D eigenvalue weighted by Gasteiger charge is -2.47. The van der Waals surface area contributed by atoms with Crippen LogP contribution in [-0.4, -0.2) is 36.1 Å². The SMILES string of the molecule is C#CC(CC)NC1CC2CCCC(C1)N2C. The fourth-order valence-electron chi connectivity index (χ4n) is 3.32. The highest BCUT2D eigenvalue weighted by atomic mass is 15.2. The molecule has 2 aliphatic heterocycles. The molecule has 0 aliphatic carbocycles. The molecule has 16 heavy (non-hydrogen) atoms. The van der Waals surface area contributed by atoms with Crippen LogP contribution >= 0.6 is 0 Å². The fraction of sp³-hybridized carbons (Fsp3) is 0.857. The van der Waals surface area contributed by atoms with Gasteiger partial charge in [0, 0.05) is 18.1 Å². The zero-order valence-corrected chi connectivity index (χ0v) is 10.6. The molecule has 2 bridgehead atoms. The average Bonchev–Trinajstić information content (AvgIpc) is 2.27. The number of nitrogens with zero attached hydrogens (tertiary/aromatic N) is 1. The first-order valence-electron chi connectivity index (χ1n) is 6.68. The molecule has 1 N–H and O–H groups in total. The number of nitrogens with one attached hydrogen (secondary N) is 1. The molecule has 2 aliphatic rings. The van der Waals surface area contributed by atoms with Gasteiger partial charge in [0.05, 0.1) is 6.04 Å². The Morgan fingerprint density at radius 1 is 1.38 bits per heavy atom. The summed E-state index contributed by atoms with van der Waals surface area (Å²) >= 11 is 0. The molecule has 0 radical (unpaired) electrons. The van der Waals surface area contributed by atoms with Crippen LogP contribution in [0.5, 0.6) is 0 Å². The van der Waals surface area contributed by atoms with Crippen molar-refractivity contribution in [3.8, 4) is 12.3 Å². The molecule has 0 spiro atoms. The third kappa shape index (κ3) is 2.42. The number of hydrogen-bond donors (Lipinski definition) is 1. The van der Waals surface area contributed by atoms with Crippen molar-refractivity contribution < 1.29 is 0 Å². The second-order valence-electron chi connectivity index (χ2n) is 5.37. The monoisotopic (exact) mass is 220 g/mol. The number of hydrogen-bond acceptors (Lipinski definition) is 2. The van der Waals surface area contributed by atoms with E-state index in [1.54, 1.807) is 0 Å². The predicted molar refractivity (Wildman–Crippen MR) is 68.3 cm³/mol. The normalized spacial score (nSPS) is 36.7. The molecular weight excluding hydrogens is 196 g/mol. The van der Waals surface area contributed by atoms with Gasteiger partial charge >= 0.3 is 0 Å². The lowest BCUT2D eigenvalue weighted by atomic mass is 9.82. The molecule has 0 aromatic heterocycles. The molecule has 90 valence electrons. The molecule has 0 aromatic carbocycles. The van der Waals surface area contributed by atoms with E-state index >= 15 is 0 Å². The Labute approximate surface area is 99.8 Å². The van der Waals surface area contributed by atoms with Crippen molar-refractivity contribution >= 4 is 0 Å². The Bertz CT molecular complexity index is 254. The largest absolute Gasteiger partial charge is 0.301 e. The van der Waals surface area contributed by atoms with E-state index in [1.165, 1.54) is 32.1 Å². The molecule has 3 atom stereocenters. The first-order chi connectivity index (χ1) is 7.74. The summed E-state index contributed by atoms with van der Waals surface area (Å²) in [6.45, 7) is 2.16. The van der Waals surface area contributed by atoms with Crippen LogP contribution < -0.4 is 5.32 Å². The first kappa shape index (κ1) is 12.0. The second-order valence-corrected chi connectivity index (χ2v) is 5.37. The van der Waals surface area contributed by atoms with Gasteiger partial charge in [-0.15, -0.1) is 6.42 Å². The number of fused-ring (bicyclic) bond motifs is 2. The van der Waals surface area contributed by atoms with Crippen LogP contribution in [0.25, 0.3) is 0 Å². The summed E-state index contributed by atoms with van der Waals surface area (Å²) in [5, 5.41) is 3.64. The zero-order chi connectivity index (χ0) is 11.5. The maximum Gasteiger partial charge on any atom is 0.0686 e. The van der Waals surface area contributed by atoms with Crippen molar-refractivity contribution in [3.63, 3.8) is 0 Å². The molecule has 0 aromatic rings. The van der Waals surface area contributed by atoms with Crippen LogP contribution in [0.1, 0.15) is 45.4 Å². The van der Waals surface area contributed by atoms with Crippen molar-refractivity contribution in [1.29, 1.82) is 0 Å². The lowest BCUT2D eigenvalue weighted by Crippen LogP contribution is -2.55. The standard InChI is InChI=1S/C14H24N2/c1-4-11(5-2)15-12-9-13-7-6-8-14(10-12)16(13)3/h1,11-15H,5-10H2,2-3H3. The maximum absolute atomic E-state index is 5.52. The van der Waals surface area contributed by atoms with Gasteiger partial charge < -0.3 is 10.2 Å². The van der Waals surface area contributed by atoms with E-state index < -0.39 is 0 Å². The fourth-order valence-corrected chi connectivity index (χ4v) is 3.32. The van der Waals surface area contributed by atoms with Crippen molar-refractivity contribution in [2.75, 3.05) is 7.05 Å². The molecule has 2 rings (SSSR count). The number of terminal acetylenes is 1. The molecule has 2 heterocycles. The van der Waals surface area contributed by atoms with Crippen LogP contribution in [0.3, 0.4) is 0 Å². The van der Waals surface area contributed by atoms with Gasteiger partial charge in [0.2, 0.25) is 0 Å². The van der Waals surface area contributed by atoms with E-state index in [9.17, 15) is 0 Å². The van der Waals surface area contributed by atoms with Gasteiger partial charge in [-0.25, -0.2) is 0 Å². The molecule has 2 saturated heterocycles. The molecule has 0 saturated carbocycles. The van der Waals surface area contributed by atoms with E-state index in [-0.39, 0.29) is 6.04 Å². The van der Waals surface area contributed by atoms with Gasteiger partial charge in [0.1, 0.15) is 0 Å². The van der Waals surface area contributed by atoms with Crippen LogP contribution in [0, 0.1) is 12.3 Å². The smallest absolute Gasteiger partial charge is 0.0686 e. The Balaban J connectivity index is 1.92. The average molecular weight is 220 g/mol. The van der Waals surface area contributed by atoms with Gasteiger partial charge in [-0.05, 0) is 39.2 Å². The summed E-state index contributed by atoms with van der Waals surface area (Å²) in [5.41, 5.74) is 0. The highest BCUT2D eigenvalue weighted by Gasteiger charge is 2.36. The van der Waals surface area contributed by atoms with Crippen molar-refractivity contribution in [2.45, 2.75) is 69.6 Å². The molecular formula is C14H24N2. The van der Waals surface area contributed by atoms with Crippen molar-refractivity contribution in [2.24, 2.45) is 0 Å². The molecule has 3 unspecified atom stereocenters. The summed E-state index contributed by atoms with van der Waals surface area (Å²) in [6, 6.07) is 2.50. The highest BCUT2D eigenvalue weighted by Crippen LogP contribution is 2.32. The molecule has 2 fully saturated rings. The van der Waals surface area contributed by atoms with Gasteiger partial charge in [-0.3, -0.25) is 0 Å². The minimum atomic E-state index is 0.272. The highest BCUT2D eigenvalue weighted by molar-refractivity contribution is 5.02. The minimum absolute atomic E-state index is 0.272. The van der Waals surface area contributed by atoms with E-state index in [1.807, 2.05) is 0 Å². The topological polar surface area (TPSA) is 15.3 Å². The van der Waals surface area contributed by atoms with E-state index in [0.717, 1.165) is 18.5 Å². The molecule has 2 heteroatoms. The van der Waals surface area contributed by atoms with E-state index in [4.69, 9.17) is 6.42 Å². The van der Waals surface area contributed by atoms with Gasteiger partial charge in [0.15, 0.2) is 0 Å². The van der Waals surface area contributed by atoms with Crippen LogP contribution in [-0.2, 0) is 0 Å². The predicted octanol–water partition coefficient (Wildman–Crippen LogP) is 2.00. The third-order valence-corrected chi connectivity index (χ3v) is 4.39. The van der Waals surface area contributed by atoms with E-state index in [0.29, 0.717) is 6.04 Å². The lowest BCUT2D eigenvalue weighted by molar-refractivity contribution is 0.0472. The van der Waals surface area contributed by atoms with Crippen molar-refractivity contribution in [3.05, 3.63) is 0 Å². The second kappa shape index (κ2) is 5.21. The summed E-state index contributed by atoms with van der Waals surface area (Å²) < 4.78 is 0. The van der Waals surface area contributed by atoms with Crippen LogP contribution in [0.2, 0.25) is 0 Å². The Morgan fingerprint density at radius 2 is 2.00 bits per heavy atom. The Kier molecular flexibility index (Phi) is 3.89. The maximum atomic E-state index is 5.52. The van der Waals surface area contributed by atoms with Crippen LogP contribution in [0.15, 0.2) is 0 Å². The Morgan fingerprint density at radius 3 is 2.50 bits per heavy atom. The zero-order valence-electron chi connectivity index (χ0n) is 10.6. The first-order valence-corrected chi connectivity index (χ1v) is 6.68. The van der Waals surface area contributed by atoms with Gasteiger partial charge in [-0.2, -0.15) is 0 Å². The van der Waals surface area contributed by atoms with Crippen molar-refractivity contribution in [1.82, 2.24) is 10.2 Å². The summed E-state index contributed by atoms with van der Waals surface area (Å²) in [4.78, 5) is 2.60. The minimum Gasteiger partial charge on any atom is -0.301 e. The Hall–Kier alpha value is -0.520. The summed E-state index contributed by atoms with van der Waals surface area (Å²) in [7, 11) is 2.29. The summed E-state index contributed by atoms with van der Waals surface area (Å²) in [6.07, 6.45) is 13.3. The quantitative estimate of drug-likeness (QED) is 0.732. The molecule has 0 amide bonds. The summed E-state index contributed by atoms with van der Waals surface area (Å²) in [5.74, 6) is 2.85. The number of piperidine rings is 2. The van der Waals surface area contributed by atoms with Gasteiger partial charge in [-0.1, -0.05) is 19.3 Å². The van der Waals surface area contributed by atoms with Gasteiger partial charge in [0.25, 0.3) is 0 Å².